The third-order valence-electron chi connectivity index (χ3n) is 2.28. The van der Waals surface area contributed by atoms with Gasteiger partial charge in [-0.05, 0) is 20.3 Å². The average molecular weight is 237 g/mol. The second-order valence-electron chi connectivity index (χ2n) is 4.04. The van der Waals surface area contributed by atoms with E-state index >= 15 is 0 Å². The van der Waals surface area contributed by atoms with Crippen molar-refractivity contribution in [3.05, 3.63) is 16.6 Å². The fourth-order valence-corrected chi connectivity index (χ4v) is 2.03. The van der Waals surface area contributed by atoms with Crippen LogP contribution in [0.1, 0.15) is 32.2 Å². The molecule has 0 bridgehead atoms. The van der Waals surface area contributed by atoms with E-state index in [4.69, 9.17) is 5.26 Å². The van der Waals surface area contributed by atoms with Gasteiger partial charge in [0.2, 0.25) is 5.91 Å². The van der Waals surface area contributed by atoms with E-state index < -0.39 is 11.5 Å². The van der Waals surface area contributed by atoms with Crippen molar-refractivity contribution >= 4 is 17.2 Å². The van der Waals surface area contributed by atoms with Gasteiger partial charge in [0.25, 0.3) is 0 Å². The summed E-state index contributed by atoms with van der Waals surface area (Å²) in [6.07, 6.45) is 2.23. The molecule has 5 heteroatoms. The predicted molar refractivity (Wildman–Crippen MR) is 62.7 cm³/mol. The molecule has 0 saturated carbocycles. The first kappa shape index (κ1) is 12.7. The van der Waals surface area contributed by atoms with Gasteiger partial charge in [-0.15, -0.1) is 11.3 Å². The number of nitrogens with zero attached hydrogens (tertiary/aromatic N) is 2. The smallest absolute Gasteiger partial charge is 0.238 e. The summed E-state index contributed by atoms with van der Waals surface area (Å²) in [4.78, 5) is 15.9. The highest BCUT2D eigenvalue weighted by atomic mass is 32.1. The minimum absolute atomic E-state index is 0.231. The molecule has 0 spiro atoms. The number of aromatic nitrogens is 1. The summed E-state index contributed by atoms with van der Waals surface area (Å²) >= 11 is 1.49. The number of carbonyl (C=O) groups is 1. The van der Waals surface area contributed by atoms with Gasteiger partial charge in [0.1, 0.15) is 10.9 Å². The zero-order valence-electron chi connectivity index (χ0n) is 9.65. The number of amides is 1. The first-order valence-corrected chi connectivity index (χ1v) is 6.01. The Morgan fingerprint density at radius 3 is 2.88 bits per heavy atom. The molecule has 0 aliphatic heterocycles. The second kappa shape index (κ2) is 5.08. The molecule has 1 amide bonds. The SMILES string of the molecule is CCC(C#N)C(=O)NC(C)(C)c1nccs1. The molecule has 1 atom stereocenters. The van der Waals surface area contributed by atoms with Crippen LogP contribution in [0, 0.1) is 17.2 Å². The van der Waals surface area contributed by atoms with Crippen LogP contribution >= 0.6 is 11.3 Å². The second-order valence-corrected chi connectivity index (χ2v) is 4.94. The lowest BCUT2D eigenvalue weighted by Crippen LogP contribution is -2.43. The van der Waals surface area contributed by atoms with Gasteiger partial charge in [-0.25, -0.2) is 4.98 Å². The molecule has 1 aromatic heterocycles. The highest BCUT2D eigenvalue weighted by Crippen LogP contribution is 2.22. The van der Waals surface area contributed by atoms with Gasteiger partial charge in [0.05, 0.1) is 11.6 Å². The van der Waals surface area contributed by atoms with Crippen LogP contribution in [0.4, 0.5) is 0 Å². The molecule has 0 aliphatic carbocycles. The van der Waals surface area contributed by atoms with Gasteiger partial charge in [-0.3, -0.25) is 4.79 Å². The molecular weight excluding hydrogens is 222 g/mol. The minimum atomic E-state index is -0.584. The molecule has 0 radical (unpaired) electrons. The Morgan fingerprint density at radius 2 is 2.44 bits per heavy atom. The summed E-state index contributed by atoms with van der Waals surface area (Å²) in [7, 11) is 0. The molecule has 1 rings (SSSR count). The van der Waals surface area contributed by atoms with Crippen molar-refractivity contribution in [2.45, 2.75) is 32.7 Å². The van der Waals surface area contributed by atoms with Crippen LogP contribution in [-0.2, 0) is 10.3 Å². The third-order valence-corrected chi connectivity index (χ3v) is 3.38. The van der Waals surface area contributed by atoms with E-state index in [9.17, 15) is 4.79 Å². The standard InChI is InChI=1S/C11H15N3OS/c1-4-8(7-12)9(15)14-11(2,3)10-13-5-6-16-10/h5-6,8H,4H2,1-3H3,(H,14,15). The van der Waals surface area contributed by atoms with Gasteiger partial charge < -0.3 is 5.32 Å². The lowest BCUT2D eigenvalue weighted by Gasteiger charge is -2.24. The lowest BCUT2D eigenvalue weighted by molar-refractivity contribution is -0.125. The monoisotopic (exact) mass is 237 g/mol. The largest absolute Gasteiger partial charge is 0.344 e. The average Bonchev–Trinajstić information content (AvgIpc) is 2.71. The Hall–Kier alpha value is -1.41. The number of hydrogen-bond donors (Lipinski definition) is 1. The van der Waals surface area contributed by atoms with Crippen molar-refractivity contribution in [2.24, 2.45) is 5.92 Å². The van der Waals surface area contributed by atoms with E-state index in [1.54, 1.807) is 6.20 Å². The van der Waals surface area contributed by atoms with Crippen LogP contribution in [0.25, 0.3) is 0 Å². The molecule has 0 aromatic carbocycles. The molecule has 1 heterocycles. The maximum Gasteiger partial charge on any atom is 0.238 e. The van der Waals surface area contributed by atoms with Crippen LogP contribution in [0.2, 0.25) is 0 Å². The summed E-state index contributed by atoms with van der Waals surface area (Å²) in [5, 5.41) is 14.4. The van der Waals surface area contributed by atoms with Crippen molar-refractivity contribution in [2.75, 3.05) is 0 Å². The van der Waals surface area contributed by atoms with Gasteiger partial charge in [0, 0.05) is 11.6 Å². The quantitative estimate of drug-likeness (QED) is 0.871. The molecule has 1 unspecified atom stereocenters. The van der Waals surface area contributed by atoms with Crippen LogP contribution in [0.3, 0.4) is 0 Å². The van der Waals surface area contributed by atoms with E-state index in [0.29, 0.717) is 6.42 Å². The summed E-state index contributed by atoms with van der Waals surface area (Å²) in [6.45, 7) is 5.59. The van der Waals surface area contributed by atoms with Gasteiger partial charge in [0.15, 0.2) is 0 Å². The summed E-state index contributed by atoms with van der Waals surface area (Å²) < 4.78 is 0. The Morgan fingerprint density at radius 1 is 1.75 bits per heavy atom. The zero-order chi connectivity index (χ0) is 12.2. The number of rotatable bonds is 4. The van der Waals surface area contributed by atoms with Gasteiger partial charge in [-0.1, -0.05) is 6.92 Å². The molecule has 1 N–H and O–H groups in total. The maximum atomic E-state index is 11.8. The van der Waals surface area contributed by atoms with Crippen molar-refractivity contribution in [1.82, 2.24) is 10.3 Å². The van der Waals surface area contributed by atoms with Crippen LogP contribution in [0.5, 0.6) is 0 Å². The van der Waals surface area contributed by atoms with Crippen molar-refractivity contribution < 1.29 is 4.79 Å². The first-order valence-electron chi connectivity index (χ1n) is 5.13. The Bertz CT molecular complexity index is 392. The first-order chi connectivity index (χ1) is 7.51. The Labute approximate surface area is 99.3 Å². The van der Waals surface area contributed by atoms with E-state index in [1.807, 2.05) is 32.2 Å². The third kappa shape index (κ3) is 2.80. The van der Waals surface area contributed by atoms with Crippen molar-refractivity contribution in [1.29, 1.82) is 5.26 Å². The molecule has 1 aromatic rings. The Balaban J connectivity index is 2.74. The number of thiazole rings is 1. The van der Waals surface area contributed by atoms with Crippen molar-refractivity contribution in [3.63, 3.8) is 0 Å². The summed E-state index contributed by atoms with van der Waals surface area (Å²) in [5.41, 5.74) is -0.518. The van der Waals surface area contributed by atoms with Crippen LogP contribution in [-0.4, -0.2) is 10.9 Å². The highest BCUT2D eigenvalue weighted by Gasteiger charge is 2.28. The molecule has 16 heavy (non-hydrogen) atoms. The van der Waals surface area contributed by atoms with E-state index in [1.165, 1.54) is 11.3 Å². The topological polar surface area (TPSA) is 65.8 Å². The predicted octanol–water partition coefficient (Wildman–Crippen LogP) is 2.04. The van der Waals surface area contributed by atoms with Gasteiger partial charge in [-0.2, -0.15) is 5.26 Å². The summed E-state index contributed by atoms with van der Waals surface area (Å²) in [5.74, 6) is -0.815. The van der Waals surface area contributed by atoms with Crippen LogP contribution in [0.15, 0.2) is 11.6 Å². The number of nitrogens with one attached hydrogen (secondary N) is 1. The molecule has 0 saturated heterocycles. The molecule has 4 nitrogen and oxygen atoms in total. The van der Waals surface area contributed by atoms with Crippen molar-refractivity contribution in [3.8, 4) is 6.07 Å². The minimum Gasteiger partial charge on any atom is -0.344 e. The van der Waals surface area contributed by atoms with Crippen LogP contribution < -0.4 is 5.32 Å². The van der Waals surface area contributed by atoms with E-state index in [-0.39, 0.29) is 5.91 Å². The molecule has 86 valence electrons. The van der Waals surface area contributed by atoms with E-state index in [2.05, 4.69) is 10.3 Å². The highest BCUT2D eigenvalue weighted by molar-refractivity contribution is 7.09. The zero-order valence-corrected chi connectivity index (χ0v) is 10.5. The number of hydrogen-bond acceptors (Lipinski definition) is 4. The summed E-state index contributed by atoms with van der Waals surface area (Å²) in [6, 6.07) is 1.99. The fraction of sp³-hybridized carbons (Fsp3) is 0.545. The van der Waals surface area contributed by atoms with Gasteiger partial charge >= 0.3 is 0 Å². The number of nitriles is 1. The Kier molecular flexibility index (Phi) is 4.02. The lowest BCUT2D eigenvalue weighted by atomic mass is 10.0. The maximum absolute atomic E-state index is 11.8. The van der Waals surface area contributed by atoms with E-state index in [0.717, 1.165) is 5.01 Å². The molecule has 0 fully saturated rings. The normalized spacial score (nSPS) is 12.9. The molecule has 0 aliphatic rings. The number of carbonyl (C=O) groups excluding carboxylic acids is 1. The molecular formula is C11H15N3OS. The fourth-order valence-electron chi connectivity index (χ4n) is 1.32.